The molecule has 1 heterocycles. The van der Waals surface area contributed by atoms with E-state index in [4.69, 9.17) is 4.74 Å². The maximum atomic E-state index is 12.4. The highest BCUT2D eigenvalue weighted by Crippen LogP contribution is 2.33. The first-order valence-corrected chi connectivity index (χ1v) is 9.17. The number of carbonyl (C=O) groups is 1. The Bertz CT molecular complexity index is 974. The van der Waals surface area contributed by atoms with Gasteiger partial charge in [-0.05, 0) is 61.0 Å². The van der Waals surface area contributed by atoms with Crippen molar-refractivity contribution in [1.82, 2.24) is 5.32 Å². The number of amidine groups is 1. The lowest BCUT2D eigenvalue weighted by Crippen LogP contribution is -2.19. The Hall–Kier alpha value is -2.87. The molecule has 0 atom stereocenters. The van der Waals surface area contributed by atoms with E-state index in [1.165, 1.54) is 31.0 Å². The maximum Gasteiger partial charge on any atom is 0.387 e. The zero-order valence-corrected chi connectivity index (χ0v) is 16.3. The zero-order chi connectivity index (χ0) is 20.3. The predicted molar refractivity (Wildman–Crippen MR) is 106 cm³/mol. The van der Waals surface area contributed by atoms with Crippen LogP contribution in [0.3, 0.4) is 0 Å². The molecule has 0 unspecified atom stereocenters. The van der Waals surface area contributed by atoms with Crippen LogP contribution in [0.2, 0.25) is 0 Å². The van der Waals surface area contributed by atoms with Gasteiger partial charge in [-0.2, -0.15) is 8.78 Å². The van der Waals surface area contributed by atoms with Gasteiger partial charge in [0.15, 0.2) is 16.7 Å². The monoisotopic (exact) mass is 404 g/mol. The molecule has 1 aliphatic heterocycles. The molecule has 3 rings (SSSR count). The molecule has 8 heteroatoms. The Morgan fingerprint density at radius 3 is 2.61 bits per heavy atom. The molecule has 0 saturated carbocycles. The first-order chi connectivity index (χ1) is 13.4. The van der Waals surface area contributed by atoms with Crippen LogP contribution in [0.15, 0.2) is 46.3 Å². The average molecular weight is 404 g/mol. The average Bonchev–Trinajstić information content (AvgIpc) is 2.97. The van der Waals surface area contributed by atoms with Gasteiger partial charge in [0.25, 0.3) is 5.91 Å². The molecule has 28 heavy (non-hydrogen) atoms. The second-order valence-corrected chi connectivity index (χ2v) is 7.09. The van der Waals surface area contributed by atoms with Gasteiger partial charge in [-0.25, -0.2) is 4.99 Å². The number of alkyl halides is 2. The fraction of sp³-hybridized carbons (Fsp3) is 0.200. The molecule has 2 aromatic rings. The standard InChI is InChI=1S/C20H18F2N2O3S/c1-11-4-6-14(12(2)8-11)23-20-24-18(25)17(28-20)10-13-5-7-15(27-19(21)22)16(9-13)26-3/h4-10,19H,1-3H3,(H,23,24,25)/b17-10+. The van der Waals surface area contributed by atoms with E-state index in [0.29, 0.717) is 15.6 Å². The van der Waals surface area contributed by atoms with Gasteiger partial charge < -0.3 is 14.8 Å². The lowest BCUT2D eigenvalue weighted by Gasteiger charge is -2.10. The second-order valence-electron chi connectivity index (χ2n) is 6.06. The highest BCUT2D eigenvalue weighted by molar-refractivity contribution is 8.18. The van der Waals surface area contributed by atoms with Gasteiger partial charge in [0.1, 0.15) is 0 Å². The van der Waals surface area contributed by atoms with Gasteiger partial charge in [-0.1, -0.05) is 23.8 Å². The van der Waals surface area contributed by atoms with Crippen molar-refractivity contribution in [2.24, 2.45) is 4.99 Å². The molecular weight excluding hydrogens is 386 g/mol. The molecule has 1 saturated heterocycles. The molecular formula is C20H18F2N2O3S. The van der Waals surface area contributed by atoms with E-state index in [9.17, 15) is 13.6 Å². The summed E-state index contributed by atoms with van der Waals surface area (Å²) in [5.74, 6) is -0.192. The van der Waals surface area contributed by atoms with Crippen LogP contribution in [-0.2, 0) is 4.79 Å². The number of ether oxygens (including phenoxy) is 2. The number of benzene rings is 2. The summed E-state index contributed by atoms with van der Waals surface area (Å²) in [6, 6.07) is 10.4. The van der Waals surface area contributed by atoms with Crippen molar-refractivity contribution in [2.75, 3.05) is 7.11 Å². The van der Waals surface area contributed by atoms with Crippen LogP contribution in [0, 0.1) is 13.8 Å². The van der Waals surface area contributed by atoms with Gasteiger partial charge in [0.2, 0.25) is 0 Å². The Kier molecular flexibility index (Phi) is 5.99. The summed E-state index contributed by atoms with van der Waals surface area (Å²) in [5.41, 5.74) is 3.55. The minimum Gasteiger partial charge on any atom is -0.493 e. The molecule has 0 spiro atoms. The molecule has 0 bridgehead atoms. The third kappa shape index (κ3) is 4.69. The smallest absolute Gasteiger partial charge is 0.387 e. The SMILES string of the molecule is COc1cc(/C=C2/SC(=Nc3ccc(C)cc3C)NC2=O)ccc1OC(F)F. The Balaban J connectivity index is 1.83. The number of thioether (sulfide) groups is 1. The molecule has 5 nitrogen and oxygen atoms in total. The molecule has 0 radical (unpaired) electrons. The summed E-state index contributed by atoms with van der Waals surface area (Å²) in [7, 11) is 1.36. The second kappa shape index (κ2) is 8.43. The van der Waals surface area contributed by atoms with E-state index < -0.39 is 6.61 Å². The molecule has 146 valence electrons. The number of aryl methyl sites for hydroxylation is 2. The lowest BCUT2D eigenvalue weighted by atomic mass is 10.1. The van der Waals surface area contributed by atoms with Gasteiger partial charge in [0, 0.05) is 0 Å². The van der Waals surface area contributed by atoms with Crippen molar-refractivity contribution < 1.29 is 23.0 Å². The van der Waals surface area contributed by atoms with E-state index in [-0.39, 0.29) is 17.4 Å². The molecule has 1 N–H and O–H groups in total. The van der Waals surface area contributed by atoms with Gasteiger partial charge >= 0.3 is 6.61 Å². The van der Waals surface area contributed by atoms with Crippen molar-refractivity contribution in [1.29, 1.82) is 0 Å². The fourth-order valence-corrected chi connectivity index (χ4v) is 3.47. The minimum absolute atomic E-state index is 0.0692. The zero-order valence-electron chi connectivity index (χ0n) is 15.5. The number of carbonyl (C=O) groups excluding carboxylic acids is 1. The van der Waals surface area contributed by atoms with Crippen LogP contribution in [0.25, 0.3) is 6.08 Å². The molecule has 0 aliphatic carbocycles. The van der Waals surface area contributed by atoms with Gasteiger partial charge in [-0.3, -0.25) is 4.79 Å². The molecule has 1 fully saturated rings. The summed E-state index contributed by atoms with van der Waals surface area (Å²) in [6.07, 6.45) is 1.64. The third-order valence-electron chi connectivity index (χ3n) is 3.93. The van der Waals surface area contributed by atoms with E-state index in [0.717, 1.165) is 16.8 Å². The number of nitrogens with zero attached hydrogens (tertiary/aromatic N) is 1. The van der Waals surface area contributed by atoms with Gasteiger partial charge in [-0.15, -0.1) is 0 Å². The predicted octanol–water partition coefficient (Wildman–Crippen LogP) is 4.81. The summed E-state index contributed by atoms with van der Waals surface area (Å²) >= 11 is 1.21. The maximum absolute atomic E-state index is 12.4. The van der Waals surface area contributed by atoms with Crippen molar-refractivity contribution in [2.45, 2.75) is 20.5 Å². The number of aliphatic imine (C=N–C) groups is 1. The van der Waals surface area contributed by atoms with Crippen LogP contribution in [-0.4, -0.2) is 24.8 Å². The van der Waals surface area contributed by atoms with Crippen LogP contribution < -0.4 is 14.8 Å². The highest BCUT2D eigenvalue weighted by Gasteiger charge is 2.24. The van der Waals surface area contributed by atoms with Crippen LogP contribution in [0.5, 0.6) is 11.5 Å². The Morgan fingerprint density at radius 1 is 1.14 bits per heavy atom. The molecule has 1 aliphatic rings. The Labute approximate surface area is 165 Å². The number of hydrogen-bond acceptors (Lipinski definition) is 5. The largest absolute Gasteiger partial charge is 0.493 e. The summed E-state index contributed by atoms with van der Waals surface area (Å²) in [6.45, 7) is 1.01. The quantitative estimate of drug-likeness (QED) is 0.727. The number of rotatable bonds is 5. The van der Waals surface area contributed by atoms with E-state index in [2.05, 4.69) is 15.0 Å². The normalized spacial score (nSPS) is 16.7. The number of nitrogens with one attached hydrogen (secondary N) is 1. The van der Waals surface area contributed by atoms with Gasteiger partial charge in [0.05, 0.1) is 17.7 Å². The summed E-state index contributed by atoms with van der Waals surface area (Å²) in [4.78, 5) is 17.2. The number of hydrogen-bond donors (Lipinski definition) is 1. The third-order valence-corrected chi connectivity index (χ3v) is 4.84. The van der Waals surface area contributed by atoms with E-state index in [1.807, 2.05) is 32.0 Å². The van der Waals surface area contributed by atoms with Crippen molar-refractivity contribution in [3.8, 4) is 11.5 Å². The molecule has 0 aromatic heterocycles. The van der Waals surface area contributed by atoms with Crippen LogP contribution in [0.4, 0.5) is 14.5 Å². The lowest BCUT2D eigenvalue weighted by molar-refractivity contribution is -0.115. The van der Waals surface area contributed by atoms with Crippen molar-refractivity contribution in [3.05, 3.63) is 58.0 Å². The number of methoxy groups -OCH3 is 1. The minimum atomic E-state index is -2.95. The van der Waals surface area contributed by atoms with E-state index >= 15 is 0 Å². The summed E-state index contributed by atoms with van der Waals surface area (Å²) < 4.78 is 34.3. The summed E-state index contributed by atoms with van der Waals surface area (Å²) in [5, 5.41) is 3.21. The molecule has 2 aromatic carbocycles. The number of halogens is 2. The van der Waals surface area contributed by atoms with Crippen LogP contribution in [0.1, 0.15) is 16.7 Å². The van der Waals surface area contributed by atoms with E-state index in [1.54, 1.807) is 12.1 Å². The fourth-order valence-electron chi connectivity index (χ4n) is 2.64. The first kappa shape index (κ1) is 19.9. The van der Waals surface area contributed by atoms with Crippen molar-refractivity contribution in [3.63, 3.8) is 0 Å². The Morgan fingerprint density at radius 2 is 1.93 bits per heavy atom. The molecule has 1 amide bonds. The topological polar surface area (TPSA) is 59.9 Å². The van der Waals surface area contributed by atoms with Crippen LogP contribution >= 0.6 is 11.8 Å². The highest BCUT2D eigenvalue weighted by atomic mass is 32.2. The first-order valence-electron chi connectivity index (χ1n) is 8.35. The number of amides is 1. The van der Waals surface area contributed by atoms with Crippen molar-refractivity contribution >= 4 is 34.6 Å².